The fraction of sp³-hybridized carbons (Fsp3) is 0.435. The van der Waals surface area contributed by atoms with Crippen molar-refractivity contribution in [3.8, 4) is 17.0 Å². The molecule has 0 unspecified atom stereocenters. The van der Waals surface area contributed by atoms with Gasteiger partial charge >= 0.3 is 0 Å². The molecule has 30 heavy (non-hydrogen) atoms. The first-order chi connectivity index (χ1) is 14.7. The Morgan fingerprint density at radius 3 is 2.97 bits per heavy atom. The maximum atomic E-state index is 11.7. The first-order valence-electron chi connectivity index (χ1n) is 10.6. The van der Waals surface area contributed by atoms with Crippen LogP contribution in [0.2, 0.25) is 0 Å². The Balaban J connectivity index is 1.69. The molecule has 1 aliphatic carbocycles. The predicted molar refractivity (Wildman–Crippen MR) is 122 cm³/mol. The van der Waals surface area contributed by atoms with Crippen LogP contribution in [-0.4, -0.2) is 29.4 Å². The maximum Gasteiger partial charge on any atom is 0.262 e. The minimum Gasteiger partial charge on any atom is -0.482 e. The van der Waals surface area contributed by atoms with Crippen LogP contribution in [0.4, 0.5) is 5.69 Å². The predicted octanol–water partition coefficient (Wildman–Crippen LogP) is 4.83. The largest absolute Gasteiger partial charge is 0.482 e. The van der Waals surface area contributed by atoms with Gasteiger partial charge in [-0.25, -0.2) is 4.68 Å². The van der Waals surface area contributed by atoms with Gasteiger partial charge in [0, 0.05) is 16.7 Å². The number of nitrogens with zero attached hydrogens (tertiary/aromatic N) is 3. The van der Waals surface area contributed by atoms with E-state index in [0.717, 1.165) is 34.8 Å². The summed E-state index contributed by atoms with van der Waals surface area (Å²) in [5.41, 5.74) is 3.86. The molecule has 1 fully saturated rings. The average molecular weight is 425 g/mol. The number of hydrogen-bond acceptors (Lipinski definition) is 5. The van der Waals surface area contributed by atoms with E-state index >= 15 is 0 Å². The average Bonchev–Trinajstić information content (AvgIpc) is 3.15. The standard InChI is InChI=1S/C23H28N4O2S/c1-3-5-16-6-9-18(10-7-16)26-27-20(15-30-23(27)24-12-4-2)17-8-11-21-19(13-17)25-22(28)14-29-21/h4,8,11,13,15-16H,2-3,5-7,9-10,12,14H2,1H3,(H,25,28). The van der Waals surface area contributed by atoms with Crippen molar-refractivity contribution in [2.24, 2.45) is 16.0 Å². The zero-order chi connectivity index (χ0) is 20.9. The highest BCUT2D eigenvalue weighted by atomic mass is 32.1. The van der Waals surface area contributed by atoms with Gasteiger partial charge in [-0.15, -0.1) is 17.9 Å². The molecule has 0 radical (unpaired) electrons. The molecule has 158 valence electrons. The van der Waals surface area contributed by atoms with Crippen LogP contribution in [0.25, 0.3) is 11.3 Å². The second-order valence-corrected chi connectivity index (χ2v) is 8.63. The molecule has 4 rings (SSSR count). The number of thiazole rings is 1. The molecule has 0 spiro atoms. The van der Waals surface area contributed by atoms with Gasteiger partial charge in [-0.1, -0.05) is 25.8 Å². The van der Waals surface area contributed by atoms with E-state index in [1.54, 1.807) is 17.4 Å². The molecule has 1 saturated carbocycles. The number of aromatic nitrogens is 1. The van der Waals surface area contributed by atoms with Gasteiger partial charge in [-0.2, -0.15) is 5.10 Å². The van der Waals surface area contributed by atoms with E-state index in [-0.39, 0.29) is 12.5 Å². The van der Waals surface area contributed by atoms with Crippen molar-refractivity contribution in [3.05, 3.63) is 41.0 Å². The Morgan fingerprint density at radius 2 is 2.20 bits per heavy atom. The zero-order valence-corrected chi connectivity index (χ0v) is 18.2. The summed E-state index contributed by atoms with van der Waals surface area (Å²) in [7, 11) is 0. The van der Waals surface area contributed by atoms with Gasteiger partial charge in [0.2, 0.25) is 4.80 Å². The number of ether oxygens (including phenoxy) is 1. The van der Waals surface area contributed by atoms with E-state index in [4.69, 9.17) is 9.84 Å². The van der Waals surface area contributed by atoms with Gasteiger partial charge < -0.3 is 10.1 Å². The van der Waals surface area contributed by atoms with E-state index in [1.807, 2.05) is 22.9 Å². The van der Waals surface area contributed by atoms with Crippen molar-refractivity contribution >= 4 is 28.6 Å². The highest BCUT2D eigenvalue weighted by molar-refractivity contribution is 7.07. The number of hydrogen-bond donors (Lipinski definition) is 1. The van der Waals surface area contributed by atoms with Crippen LogP contribution in [0.15, 0.2) is 46.3 Å². The van der Waals surface area contributed by atoms with E-state index in [2.05, 4.69) is 29.2 Å². The Bertz CT molecular complexity index is 1020. The van der Waals surface area contributed by atoms with Crippen molar-refractivity contribution in [1.29, 1.82) is 0 Å². The number of amides is 1. The SMILES string of the molecule is C=CCN=c1scc(-c2ccc3c(c2)NC(=O)CO3)n1N=C1CCC(CCC)CC1. The number of rotatable bonds is 6. The van der Waals surface area contributed by atoms with Crippen LogP contribution >= 0.6 is 11.3 Å². The molecule has 1 amide bonds. The molecule has 2 heterocycles. The third-order valence-electron chi connectivity index (χ3n) is 5.57. The number of fused-ring (bicyclic) bond motifs is 1. The second-order valence-electron chi connectivity index (χ2n) is 7.79. The van der Waals surface area contributed by atoms with Crippen LogP contribution in [-0.2, 0) is 4.79 Å². The molecule has 0 saturated heterocycles. The number of carbonyl (C=O) groups excluding carboxylic acids is 1. The van der Waals surface area contributed by atoms with Crippen molar-refractivity contribution in [2.75, 3.05) is 18.5 Å². The minimum atomic E-state index is -0.136. The van der Waals surface area contributed by atoms with E-state index in [1.165, 1.54) is 31.4 Å². The number of benzene rings is 1. The summed E-state index contributed by atoms with van der Waals surface area (Å²) in [6.45, 7) is 6.65. The van der Waals surface area contributed by atoms with E-state index in [0.29, 0.717) is 18.0 Å². The molecular weight excluding hydrogens is 396 g/mol. The van der Waals surface area contributed by atoms with Crippen LogP contribution in [0, 0.1) is 5.92 Å². The second kappa shape index (κ2) is 9.43. The van der Waals surface area contributed by atoms with Crippen LogP contribution < -0.4 is 14.9 Å². The van der Waals surface area contributed by atoms with E-state index in [9.17, 15) is 4.79 Å². The minimum absolute atomic E-state index is 0.0576. The fourth-order valence-electron chi connectivity index (χ4n) is 4.04. The van der Waals surface area contributed by atoms with Crippen molar-refractivity contribution < 1.29 is 9.53 Å². The Hall–Kier alpha value is -2.67. The summed E-state index contributed by atoms with van der Waals surface area (Å²) in [6.07, 6.45) is 8.88. The summed E-state index contributed by atoms with van der Waals surface area (Å²) in [6, 6.07) is 5.85. The van der Waals surface area contributed by atoms with Crippen molar-refractivity contribution in [2.45, 2.75) is 45.4 Å². The molecule has 0 bridgehead atoms. The van der Waals surface area contributed by atoms with Gasteiger partial charge in [0.1, 0.15) is 5.75 Å². The third-order valence-corrected chi connectivity index (χ3v) is 6.42. The molecule has 6 nitrogen and oxygen atoms in total. The lowest BCUT2D eigenvalue weighted by Crippen LogP contribution is -2.25. The number of anilines is 1. The van der Waals surface area contributed by atoms with Crippen LogP contribution in [0.1, 0.15) is 45.4 Å². The molecular formula is C23H28N4O2S. The smallest absolute Gasteiger partial charge is 0.262 e. The van der Waals surface area contributed by atoms with Gasteiger partial charge in [-0.3, -0.25) is 9.79 Å². The maximum absolute atomic E-state index is 11.7. The first-order valence-corrected chi connectivity index (χ1v) is 11.5. The summed E-state index contributed by atoms with van der Waals surface area (Å²) in [5, 5.41) is 9.98. The lowest BCUT2D eigenvalue weighted by molar-refractivity contribution is -0.118. The summed E-state index contributed by atoms with van der Waals surface area (Å²) >= 11 is 1.57. The fourth-order valence-corrected chi connectivity index (χ4v) is 4.88. The Kier molecular flexibility index (Phi) is 6.47. The topological polar surface area (TPSA) is 68.0 Å². The molecule has 2 aliphatic rings. The van der Waals surface area contributed by atoms with Crippen LogP contribution in [0.3, 0.4) is 0 Å². The lowest BCUT2D eigenvalue weighted by atomic mass is 9.85. The number of carbonyl (C=O) groups is 1. The van der Waals surface area contributed by atoms with Gasteiger partial charge in [0.05, 0.1) is 17.9 Å². The molecule has 1 aromatic carbocycles. The van der Waals surface area contributed by atoms with Gasteiger partial charge in [0.15, 0.2) is 6.61 Å². The highest BCUT2D eigenvalue weighted by Gasteiger charge is 2.20. The summed E-state index contributed by atoms with van der Waals surface area (Å²) in [4.78, 5) is 17.2. The van der Waals surface area contributed by atoms with Gasteiger partial charge in [-0.05, 0) is 49.8 Å². The highest BCUT2D eigenvalue weighted by Crippen LogP contribution is 2.33. The summed E-state index contributed by atoms with van der Waals surface area (Å²) < 4.78 is 7.45. The molecule has 1 N–H and O–H groups in total. The Labute approximate surface area is 181 Å². The van der Waals surface area contributed by atoms with E-state index < -0.39 is 0 Å². The molecule has 1 aromatic heterocycles. The monoisotopic (exact) mass is 424 g/mol. The summed E-state index contributed by atoms with van der Waals surface area (Å²) in [5.74, 6) is 1.39. The first kappa shape index (κ1) is 20.6. The third kappa shape index (κ3) is 4.56. The van der Waals surface area contributed by atoms with Crippen molar-refractivity contribution in [3.63, 3.8) is 0 Å². The Morgan fingerprint density at radius 1 is 1.37 bits per heavy atom. The zero-order valence-electron chi connectivity index (χ0n) is 17.4. The lowest BCUT2D eigenvalue weighted by Gasteiger charge is -2.22. The molecule has 1 aliphatic heterocycles. The quantitative estimate of drug-likeness (QED) is 0.675. The van der Waals surface area contributed by atoms with Crippen LogP contribution in [0.5, 0.6) is 5.75 Å². The molecule has 7 heteroatoms. The molecule has 0 atom stereocenters. The molecule has 2 aromatic rings. The van der Waals surface area contributed by atoms with Gasteiger partial charge in [0.25, 0.3) is 5.91 Å². The van der Waals surface area contributed by atoms with Crippen molar-refractivity contribution in [1.82, 2.24) is 4.68 Å². The number of nitrogens with one attached hydrogen (secondary N) is 1. The normalized spacial score (nSPS) is 19.1.